The average Bonchev–Trinajstić information content (AvgIpc) is 3.37. The molecule has 130 valence electrons. The molecule has 3 fully saturated rings. The van der Waals surface area contributed by atoms with Crippen LogP contribution >= 0.6 is 0 Å². The zero-order chi connectivity index (χ0) is 16.4. The monoisotopic (exact) mass is 329 g/mol. The van der Waals surface area contributed by atoms with Crippen molar-refractivity contribution < 1.29 is 14.3 Å². The van der Waals surface area contributed by atoms with Crippen molar-refractivity contribution in [3.8, 4) is 0 Å². The van der Waals surface area contributed by atoms with Crippen LogP contribution in [0, 0.1) is 5.92 Å². The van der Waals surface area contributed by atoms with Crippen molar-refractivity contribution in [1.29, 1.82) is 0 Å². The summed E-state index contributed by atoms with van der Waals surface area (Å²) in [5.41, 5.74) is 1.23. The Balaban J connectivity index is 1.32. The van der Waals surface area contributed by atoms with Gasteiger partial charge in [-0.15, -0.1) is 0 Å². The summed E-state index contributed by atoms with van der Waals surface area (Å²) in [6.45, 7) is 2.24. The van der Waals surface area contributed by atoms with Crippen molar-refractivity contribution >= 4 is 5.91 Å². The summed E-state index contributed by atoms with van der Waals surface area (Å²) >= 11 is 0. The molecule has 1 aromatic carbocycles. The van der Waals surface area contributed by atoms with Gasteiger partial charge in [-0.25, -0.2) is 0 Å². The van der Waals surface area contributed by atoms with Gasteiger partial charge in [-0.3, -0.25) is 4.79 Å². The van der Waals surface area contributed by atoms with Crippen LogP contribution in [-0.4, -0.2) is 48.8 Å². The van der Waals surface area contributed by atoms with E-state index in [-0.39, 0.29) is 24.2 Å². The zero-order valence-corrected chi connectivity index (χ0v) is 14.2. The number of fused-ring (bicyclic) bond motifs is 1. The molecular formula is C20H27NO3. The van der Waals surface area contributed by atoms with Gasteiger partial charge in [0.2, 0.25) is 5.91 Å². The highest BCUT2D eigenvalue weighted by Gasteiger charge is 2.45. The molecule has 1 aromatic rings. The van der Waals surface area contributed by atoms with Crippen molar-refractivity contribution in [3.63, 3.8) is 0 Å². The van der Waals surface area contributed by atoms with Gasteiger partial charge in [-0.2, -0.15) is 0 Å². The summed E-state index contributed by atoms with van der Waals surface area (Å²) in [5.74, 6) is 1.04. The lowest BCUT2D eigenvalue weighted by Crippen LogP contribution is -2.54. The van der Waals surface area contributed by atoms with Crippen molar-refractivity contribution in [2.24, 2.45) is 5.92 Å². The second kappa shape index (κ2) is 7.24. The lowest BCUT2D eigenvalue weighted by Gasteiger charge is -2.39. The Kier molecular flexibility index (Phi) is 4.86. The number of hydrogen-bond acceptors (Lipinski definition) is 3. The van der Waals surface area contributed by atoms with E-state index in [1.54, 1.807) is 0 Å². The summed E-state index contributed by atoms with van der Waals surface area (Å²) in [5, 5.41) is 0. The number of benzene rings is 1. The second-order valence-corrected chi connectivity index (χ2v) is 7.37. The first-order chi connectivity index (χ1) is 11.8. The number of rotatable bonds is 6. The van der Waals surface area contributed by atoms with E-state index in [1.807, 2.05) is 18.2 Å². The lowest BCUT2D eigenvalue weighted by atomic mass is 10.1. The zero-order valence-electron chi connectivity index (χ0n) is 14.2. The minimum Gasteiger partial charge on any atom is -0.375 e. The van der Waals surface area contributed by atoms with Crippen LogP contribution < -0.4 is 0 Å². The van der Waals surface area contributed by atoms with E-state index in [2.05, 4.69) is 17.0 Å². The second-order valence-electron chi connectivity index (χ2n) is 7.37. The molecule has 0 radical (unpaired) electrons. The first-order valence-corrected chi connectivity index (χ1v) is 9.38. The van der Waals surface area contributed by atoms with Gasteiger partial charge in [0.25, 0.3) is 0 Å². The van der Waals surface area contributed by atoms with Crippen LogP contribution in [0.25, 0.3) is 0 Å². The topological polar surface area (TPSA) is 38.8 Å². The van der Waals surface area contributed by atoms with Crippen LogP contribution in [0.4, 0.5) is 0 Å². The van der Waals surface area contributed by atoms with E-state index >= 15 is 0 Å². The van der Waals surface area contributed by atoms with Crippen LogP contribution in [0.2, 0.25) is 0 Å². The Labute approximate surface area is 144 Å². The Hall–Kier alpha value is -1.39. The fourth-order valence-corrected chi connectivity index (χ4v) is 3.99. The molecule has 3 aliphatic rings. The van der Waals surface area contributed by atoms with Gasteiger partial charge in [0, 0.05) is 19.6 Å². The van der Waals surface area contributed by atoms with Crippen molar-refractivity contribution in [2.75, 3.05) is 19.8 Å². The molecule has 0 aromatic heterocycles. The van der Waals surface area contributed by atoms with Crippen LogP contribution in [-0.2, 0) is 20.7 Å². The van der Waals surface area contributed by atoms with Gasteiger partial charge in [-0.05, 0) is 43.6 Å². The van der Waals surface area contributed by atoms with E-state index in [4.69, 9.17) is 9.47 Å². The van der Waals surface area contributed by atoms with Crippen LogP contribution in [0.1, 0.15) is 37.7 Å². The summed E-state index contributed by atoms with van der Waals surface area (Å²) in [7, 11) is 0. The molecule has 1 aliphatic heterocycles. The minimum absolute atomic E-state index is 0.0816. The molecule has 2 saturated carbocycles. The van der Waals surface area contributed by atoms with E-state index < -0.39 is 0 Å². The van der Waals surface area contributed by atoms with Gasteiger partial charge >= 0.3 is 0 Å². The predicted molar refractivity (Wildman–Crippen MR) is 91.7 cm³/mol. The Morgan fingerprint density at radius 2 is 2.00 bits per heavy atom. The van der Waals surface area contributed by atoms with Gasteiger partial charge < -0.3 is 14.4 Å². The summed E-state index contributed by atoms with van der Waals surface area (Å²) in [6.07, 6.45) is 6.31. The van der Waals surface area contributed by atoms with Crippen molar-refractivity contribution in [3.05, 3.63) is 35.9 Å². The number of hydrogen-bond donors (Lipinski definition) is 0. The van der Waals surface area contributed by atoms with E-state index in [1.165, 1.54) is 18.4 Å². The van der Waals surface area contributed by atoms with Crippen molar-refractivity contribution in [2.45, 2.75) is 56.8 Å². The molecule has 0 unspecified atom stereocenters. The van der Waals surface area contributed by atoms with Crippen LogP contribution in [0.15, 0.2) is 30.3 Å². The summed E-state index contributed by atoms with van der Waals surface area (Å²) < 4.78 is 12.1. The molecule has 0 bridgehead atoms. The molecule has 0 N–H and O–H groups in total. The Morgan fingerprint density at radius 1 is 1.17 bits per heavy atom. The minimum atomic E-state index is 0.0816. The SMILES string of the molecule is O=C(CCc1ccccc1)N1CCO[C@H]2[C@H](OCC3CC3)CC[C@@H]21. The molecule has 2 aliphatic carbocycles. The highest BCUT2D eigenvalue weighted by Crippen LogP contribution is 2.35. The number of carbonyl (C=O) groups is 1. The normalized spacial score (nSPS) is 29.5. The van der Waals surface area contributed by atoms with Crippen LogP contribution in [0.5, 0.6) is 0 Å². The third-order valence-corrected chi connectivity index (χ3v) is 5.57. The molecule has 24 heavy (non-hydrogen) atoms. The van der Waals surface area contributed by atoms with Gasteiger partial charge in [0.1, 0.15) is 6.10 Å². The molecule has 1 saturated heterocycles. The molecule has 4 heteroatoms. The third-order valence-electron chi connectivity index (χ3n) is 5.57. The maximum absolute atomic E-state index is 12.7. The first kappa shape index (κ1) is 16.1. The third kappa shape index (κ3) is 3.65. The van der Waals surface area contributed by atoms with Gasteiger partial charge in [0.15, 0.2) is 0 Å². The quantitative estimate of drug-likeness (QED) is 0.805. The number of amides is 1. The molecule has 4 nitrogen and oxygen atoms in total. The number of morpholine rings is 1. The lowest BCUT2D eigenvalue weighted by molar-refractivity contribution is -0.151. The molecule has 1 heterocycles. The van der Waals surface area contributed by atoms with Gasteiger partial charge in [0.05, 0.1) is 18.8 Å². The molecule has 3 atom stereocenters. The number of carbonyl (C=O) groups excluding carboxylic acids is 1. The Morgan fingerprint density at radius 3 is 2.79 bits per heavy atom. The van der Waals surface area contributed by atoms with E-state index in [9.17, 15) is 4.79 Å². The van der Waals surface area contributed by atoms with E-state index in [0.717, 1.165) is 38.3 Å². The molecule has 0 spiro atoms. The fourth-order valence-electron chi connectivity index (χ4n) is 3.99. The smallest absolute Gasteiger partial charge is 0.223 e. The average molecular weight is 329 g/mol. The first-order valence-electron chi connectivity index (χ1n) is 9.38. The number of ether oxygens (including phenoxy) is 2. The Bertz CT molecular complexity index is 557. The van der Waals surface area contributed by atoms with Gasteiger partial charge in [-0.1, -0.05) is 30.3 Å². The number of aryl methyl sites for hydroxylation is 1. The maximum Gasteiger partial charge on any atom is 0.223 e. The highest BCUT2D eigenvalue weighted by atomic mass is 16.5. The fraction of sp³-hybridized carbons (Fsp3) is 0.650. The largest absolute Gasteiger partial charge is 0.375 e. The predicted octanol–water partition coefficient (Wildman–Crippen LogP) is 2.80. The van der Waals surface area contributed by atoms with E-state index in [0.29, 0.717) is 13.0 Å². The molecule has 4 rings (SSSR count). The summed E-state index contributed by atoms with van der Waals surface area (Å²) in [4.78, 5) is 14.8. The number of nitrogens with zero attached hydrogens (tertiary/aromatic N) is 1. The van der Waals surface area contributed by atoms with Crippen molar-refractivity contribution in [1.82, 2.24) is 4.90 Å². The molecular weight excluding hydrogens is 302 g/mol. The maximum atomic E-state index is 12.7. The molecule has 1 amide bonds. The highest BCUT2D eigenvalue weighted by molar-refractivity contribution is 5.77. The standard InChI is InChI=1S/C20H27NO3/c22-19(11-8-15-4-2-1-3-5-15)21-12-13-23-20-17(21)9-10-18(20)24-14-16-6-7-16/h1-5,16-18,20H,6-14H2/t17-,18+,20+/m0/s1. The summed E-state index contributed by atoms with van der Waals surface area (Å²) in [6, 6.07) is 10.5. The van der Waals surface area contributed by atoms with Crippen LogP contribution in [0.3, 0.4) is 0 Å².